The average molecular weight is 352 g/mol. The molecule has 23 heavy (non-hydrogen) atoms. The van der Waals surface area contributed by atoms with Crippen molar-refractivity contribution in [2.75, 3.05) is 12.1 Å². The van der Waals surface area contributed by atoms with Crippen LogP contribution in [0, 0.1) is 6.92 Å². The van der Waals surface area contributed by atoms with Gasteiger partial charge in [0.2, 0.25) is 6.79 Å². The molecule has 1 N–H and O–H groups in total. The van der Waals surface area contributed by atoms with Crippen molar-refractivity contribution in [1.29, 1.82) is 0 Å². The molecule has 0 aliphatic carbocycles. The third-order valence-electron chi connectivity index (χ3n) is 3.78. The van der Waals surface area contributed by atoms with Gasteiger partial charge in [-0.3, -0.25) is 4.79 Å². The molecule has 6 heteroatoms. The summed E-state index contributed by atoms with van der Waals surface area (Å²) in [4.78, 5) is 11.9. The number of hydrogen-bond donors (Lipinski definition) is 1. The van der Waals surface area contributed by atoms with Crippen LogP contribution >= 0.6 is 23.2 Å². The van der Waals surface area contributed by atoms with Crippen LogP contribution in [0.4, 0.5) is 5.69 Å². The van der Waals surface area contributed by atoms with Crippen LogP contribution in [0.5, 0.6) is 11.5 Å². The fraction of sp³-hybridized carbons (Fsp3) is 0.235. The molecular formula is C17H15Cl2NO3. The van der Waals surface area contributed by atoms with Crippen molar-refractivity contribution in [2.24, 2.45) is 0 Å². The van der Waals surface area contributed by atoms with E-state index in [-0.39, 0.29) is 12.6 Å². The van der Waals surface area contributed by atoms with E-state index in [1.165, 1.54) is 6.92 Å². The van der Waals surface area contributed by atoms with Crippen molar-refractivity contribution >= 4 is 34.7 Å². The molecule has 3 rings (SSSR count). The zero-order valence-electron chi connectivity index (χ0n) is 12.7. The first-order valence-corrected chi connectivity index (χ1v) is 7.84. The molecule has 0 saturated heterocycles. The van der Waals surface area contributed by atoms with Gasteiger partial charge in [-0.1, -0.05) is 23.2 Å². The summed E-state index contributed by atoms with van der Waals surface area (Å²) in [6.45, 7) is 4.11. The van der Waals surface area contributed by atoms with Crippen LogP contribution in [0.1, 0.15) is 28.4 Å². The SMILES string of the molecule is CC(=O)c1cc2c(cc1NCc1cc(Cl)cc(Cl)c1C)OCO2. The minimum Gasteiger partial charge on any atom is -0.454 e. The minimum absolute atomic E-state index is 0.0494. The van der Waals surface area contributed by atoms with Gasteiger partial charge in [0.25, 0.3) is 0 Å². The predicted molar refractivity (Wildman–Crippen MR) is 91.1 cm³/mol. The number of Topliss-reactive ketones (excluding diaryl/α,β-unsaturated/α-hetero) is 1. The molecule has 0 spiro atoms. The van der Waals surface area contributed by atoms with E-state index in [4.69, 9.17) is 32.7 Å². The van der Waals surface area contributed by atoms with Crippen molar-refractivity contribution in [2.45, 2.75) is 20.4 Å². The van der Waals surface area contributed by atoms with E-state index >= 15 is 0 Å². The van der Waals surface area contributed by atoms with Crippen molar-refractivity contribution in [3.05, 3.63) is 51.0 Å². The Balaban J connectivity index is 1.90. The second-order valence-electron chi connectivity index (χ2n) is 5.33. The van der Waals surface area contributed by atoms with Crippen LogP contribution in [-0.4, -0.2) is 12.6 Å². The lowest BCUT2D eigenvalue weighted by molar-refractivity contribution is 0.101. The summed E-state index contributed by atoms with van der Waals surface area (Å²) < 4.78 is 10.7. The molecule has 0 aromatic heterocycles. The second kappa shape index (κ2) is 6.30. The molecule has 0 bridgehead atoms. The number of halogens is 2. The number of fused-ring (bicyclic) bond motifs is 1. The third-order valence-corrected chi connectivity index (χ3v) is 4.39. The lowest BCUT2D eigenvalue weighted by Crippen LogP contribution is -2.06. The number of anilines is 1. The van der Waals surface area contributed by atoms with Crippen molar-refractivity contribution in [1.82, 2.24) is 0 Å². The average Bonchev–Trinajstić information content (AvgIpc) is 2.95. The smallest absolute Gasteiger partial charge is 0.231 e. The van der Waals surface area contributed by atoms with Crippen molar-refractivity contribution in [3.8, 4) is 11.5 Å². The van der Waals surface area contributed by atoms with E-state index in [1.54, 1.807) is 18.2 Å². The largest absolute Gasteiger partial charge is 0.454 e. The van der Waals surface area contributed by atoms with Gasteiger partial charge < -0.3 is 14.8 Å². The van der Waals surface area contributed by atoms with E-state index in [1.807, 2.05) is 13.0 Å². The first-order chi connectivity index (χ1) is 11.0. The van der Waals surface area contributed by atoms with Crippen LogP contribution in [0.3, 0.4) is 0 Å². The lowest BCUT2D eigenvalue weighted by Gasteiger charge is -2.14. The summed E-state index contributed by atoms with van der Waals surface area (Å²) in [5.41, 5.74) is 3.17. The molecule has 2 aromatic rings. The van der Waals surface area contributed by atoms with E-state index in [9.17, 15) is 4.79 Å². The Morgan fingerprint density at radius 3 is 2.57 bits per heavy atom. The van der Waals surface area contributed by atoms with Crippen molar-refractivity contribution < 1.29 is 14.3 Å². The molecule has 0 radical (unpaired) electrons. The maximum absolute atomic E-state index is 11.9. The molecule has 1 aliphatic heterocycles. The van der Waals surface area contributed by atoms with Gasteiger partial charge in [0, 0.05) is 33.9 Å². The lowest BCUT2D eigenvalue weighted by atomic mass is 10.1. The molecule has 0 atom stereocenters. The fourth-order valence-corrected chi connectivity index (χ4v) is 2.99. The molecule has 2 aromatic carbocycles. The minimum atomic E-state index is -0.0494. The molecule has 0 saturated carbocycles. The van der Waals surface area contributed by atoms with E-state index in [0.29, 0.717) is 39.3 Å². The summed E-state index contributed by atoms with van der Waals surface area (Å²) >= 11 is 12.2. The highest BCUT2D eigenvalue weighted by molar-refractivity contribution is 6.35. The summed E-state index contributed by atoms with van der Waals surface area (Å²) in [6.07, 6.45) is 0. The number of rotatable bonds is 4. The normalized spacial score (nSPS) is 12.3. The first-order valence-electron chi connectivity index (χ1n) is 7.08. The van der Waals surface area contributed by atoms with E-state index in [2.05, 4.69) is 5.32 Å². The predicted octanol–water partition coefficient (Wildman–Crippen LogP) is 4.85. The molecule has 1 heterocycles. The van der Waals surface area contributed by atoms with Crippen molar-refractivity contribution in [3.63, 3.8) is 0 Å². The Bertz CT molecular complexity index is 790. The van der Waals surface area contributed by atoms with Gasteiger partial charge in [0.15, 0.2) is 17.3 Å². The summed E-state index contributed by atoms with van der Waals surface area (Å²) in [5.74, 6) is 1.16. The number of hydrogen-bond acceptors (Lipinski definition) is 4. The molecule has 0 amide bonds. The monoisotopic (exact) mass is 351 g/mol. The summed E-state index contributed by atoms with van der Waals surface area (Å²) in [6, 6.07) is 7.05. The molecule has 0 unspecified atom stereocenters. The number of carbonyl (C=O) groups excluding carboxylic acids is 1. The van der Waals surface area contributed by atoms with Gasteiger partial charge in [0.05, 0.1) is 0 Å². The van der Waals surface area contributed by atoms with Crippen LogP contribution in [-0.2, 0) is 6.54 Å². The summed E-state index contributed by atoms with van der Waals surface area (Å²) in [7, 11) is 0. The number of carbonyl (C=O) groups is 1. The number of ketones is 1. The fourth-order valence-electron chi connectivity index (χ4n) is 2.45. The third kappa shape index (κ3) is 3.23. The van der Waals surface area contributed by atoms with E-state index < -0.39 is 0 Å². The maximum atomic E-state index is 11.9. The topological polar surface area (TPSA) is 47.6 Å². The first kappa shape index (κ1) is 16.0. The maximum Gasteiger partial charge on any atom is 0.231 e. The highest BCUT2D eigenvalue weighted by Crippen LogP contribution is 2.37. The van der Waals surface area contributed by atoms with Crippen LogP contribution in [0.2, 0.25) is 10.0 Å². The second-order valence-corrected chi connectivity index (χ2v) is 6.18. The Morgan fingerprint density at radius 1 is 1.17 bits per heavy atom. The number of benzene rings is 2. The van der Waals surface area contributed by atoms with Crippen LogP contribution in [0.25, 0.3) is 0 Å². The molecule has 0 fully saturated rings. The van der Waals surface area contributed by atoms with Gasteiger partial charge in [0.1, 0.15) is 0 Å². The Labute approximate surface area is 144 Å². The van der Waals surface area contributed by atoms with Gasteiger partial charge >= 0.3 is 0 Å². The number of ether oxygens (including phenoxy) is 2. The van der Waals surface area contributed by atoms with Gasteiger partial charge in [-0.25, -0.2) is 0 Å². The van der Waals surface area contributed by atoms with E-state index in [0.717, 1.165) is 11.1 Å². The standard InChI is InChI=1S/C17H15Cl2NO3/c1-9-11(3-12(18)4-14(9)19)7-20-15-6-17-16(22-8-23-17)5-13(15)10(2)21/h3-6,20H,7-8H2,1-2H3. The van der Waals surface area contributed by atoms with Crippen LogP contribution in [0.15, 0.2) is 24.3 Å². The Hall–Kier alpha value is -1.91. The zero-order valence-corrected chi connectivity index (χ0v) is 14.2. The Kier molecular flexibility index (Phi) is 4.37. The zero-order chi connectivity index (χ0) is 16.6. The Morgan fingerprint density at radius 2 is 1.87 bits per heavy atom. The molecule has 120 valence electrons. The highest BCUT2D eigenvalue weighted by atomic mass is 35.5. The number of nitrogens with one attached hydrogen (secondary N) is 1. The molecule has 1 aliphatic rings. The van der Waals surface area contributed by atoms with Crippen LogP contribution < -0.4 is 14.8 Å². The highest BCUT2D eigenvalue weighted by Gasteiger charge is 2.19. The molecular weight excluding hydrogens is 337 g/mol. The summed E-state index contributed by atoms with van der Waals surface area (Å²) in [5, 5.41) is 4.46. The molecule has 4 nitrogen and oxygen atoms in total. The van der Waals surface area contributed by atoms with Gasteiger partial charge in [-0.05, 0) is 43.2 Å². The quantitative estimate of drug-likeness (QED) is 0.800. The van der Waals surface area contributed by atoms with Gasteiger partial charge in [-0.2, -0.15) is 0 Å². The van der Waals surface area contributed by atoms with Gasteiger partial charge in [-0.15, -0.1) is 0 Å².